The molecule has 0 amide bonds. The summed E-state index contributed by atoms with van der Waals surface area (Å²) >= 11 is 7.51. The zero-order valence-corrected chi connectivity index (χ0v) is 9.53. The van der Waals surface area contributed by atoms with Crippen LogP contribution in [0.1, 0.15) is 20.7 Å². The van der Waals surface area contributed by atoms with Crippen molar-refractivity contribution in [2.45, 2.75) is 0 Å². The van der Waals surface area contributed by atoms with Crippen molar-refractivity contribution < 1.29 is 19.8 Å². The van der Waals surface area contributed by atoms with E-state index in [9.17, 15) is 9.59 Å². The summed E-state index contributed by atoms with van der Waals surface area (Å²) in [7, 11) is 0. The zero-order valence-electron chi connectivity index (χ0n) is 6.62. The fraction of sp³-hybridized carbons (Fsp3) is 0. The van der Waals surface area contributed by atoms with Gasteiger partial charge in [-0.05, 0) is 34.7 Å². The molecule has 0 saturated heterocycles. The number of hydrogen-bond donors (Lipinski definition) is 2. The molecule has 0 aliphatic heterocycles. The van der Waals surface area contributed by atoms with Crippen molar-refractivity contribution in [1.82, 2.24) is 0 Å². The van der Waals surface area contributed by atoms with E-state index in [1.54, 1.807) is 0 Å². The van der Waals surface area contributed by atoms with Crippen LogP contribution in [0.2, 0.25) is 5.02 Å². The maximum absolute atomic E-state index is 10.7. The molecular weight excluding hydrogens is 322 g/mol. The fourth-order valence-corrected chi connectivity index (χ4v) is 1.53. The molecule has 0 saturated carbocycles. The van der Waals surface area contributed by atoms with Gasteiger partial charge in [-0.25, -0.2) is 9.59 Å². The molecule has 0 bridgehead atoms. The molecule has 1 rings (SSSR count). The van der Waals surface area contributed by atoms with Crippen molar-refractivity contribution in [3.63, 3.8) is 0 Å². The third kappa shape index (κ3) is 2.16. The maximum Gasteiger partial charge on any atom is 0.336 e. The van der Waals surface area contributed by atoms with Crippen LogP contribution in [-0.2, 0) is 0 Å². The summed E-state index contributed by atoms with van der Waals surface area (Å²) in [6.45, 7) is 0. The molecule has 0 aliphatic rings. The lowest BCUT2D eigenvalue weighted by molar-refractivity contribution is 0.0651. The van der Waals surface area contributed by atoms with Gasteiger partial charge in [-0.1, -0.05) is 11.6 Å². The van der Waals surface area contributed by atoms with Crippen LogP contribution in [0.25, 0.3) is 0 Å². The Kier molecular flexibility index (Phi) is 3.33. The number of halogens is 2. The summed E-state index contributed by atoms with van der Waals surface area (Å²) in [6.07, 6.45) is 0. The topological polar surface area (TPSA) is 74.6 Å². The van der Waals surface area contributed by atoms with E-state index < -0.39 is 11.9 Å². The summed E-state index contributed by atoms with van der Waals surface area (Å²) in [4.78, 5) is 21.3. The van der Waals surface area contributed by atoms with Gasteiger partial charge in [-0.15, -0.1) is 0 Å². The van der Waals surface area contributed by atoms with Gasteiger partial charge in [-0.3, -0.25) is 0 Å². The highest BCUT2D eigenvalue weighted by atomic mass is 127. The van der Waals surface area contributed by atoms with Crippen LogP contribution in [0.5, 0.6) is 0 Å². The molecule has 1 aromatic carbocycles. The van der Waals surface area contributed by atoms with Gasteiger partial charge < -0.3 is 10.2 Å². The van der Waals surface area contributed by atoms with E-state index in [1.165, 1.54) is 6.07 Å². The standard InChI is InChI=1S/C8H4ClIO4/c9-5-1-3(7(11)12)4(8(13)14)2-6(5)10/h1-2H,(H,11,12)(H,13,14). The van der Waals surface area contributed by atoms with Gasteiger partial charge in [0.05, 0.1) is 16.1 Å². The van der Waals surface area contributed by atoms with Crippen LogP contribution in [0.15, 0.2) is 12.1 Å². The largest absolute Gasteiger partial charge is 0.478 e. The van der Waals surface area contributed by atoms with E-state index in [1.807, 2.05) is 22.6 Å². The van der Waals surface area contributed by atoms with Crippen LogP contribution in [-0.4, -0.2) is 22.2 Å². The van der Waals surface area contributed by atoms with E-state index in [4.69, 9.17) is 21.8 Å². The monoisotopic (exact) mass is 326 g/mol. The second kappa shape index (κ2) is 4.14. The molecule has 0 aliphatic carbocycles. The highest BCUT2D eigenvalue weighted by molar-refractivity contribution is 14.1. The predicted molar refractivity (Wildman–Crippen MR) is 58.1 cm³/mol. The highest BCUT2D eigenvalue weighted by Gasteiger charge is 2.17. The SMILES string of the molecule is O=C(O)c1cc(Cl)c(I)cc1C(=O)O. The first kappa shape index (κ1) is 11.3. The predicted octanol–water partition coefficient (Wildman–Crippen LogP) is 2.34. The van der Waals surface area contributed by atoms with Crippen molar-refractivity contribution in [2.75, 3.05) is 0 Å². The van der Waals surface area contributed by atoms with Crippen molar-refractivity contribution in [3.8, 4) is 0 Å². The molecule has 74 valence electrons. The summed E-state index contributed by atoms with van der Waals surface area (Å²) in [5, 5.41) is 17.7. The summed E-state index contributed by atoms with van der Waals surface area (Å²) in [5.41, 5.74) is -0.561. The van der Waals surface area contributed by atoms with E-state index in [0.29, 0.717) is 3.57 Å². The summed E-state index contributed by atoms with van der Waals surface area (Å²) in [6, 6.07) is 2.36. The Labute approximate surface area is 97.6 Å². The second-order valence-electron chi connectivity index (χ2n) is 2.42. The third-order valence-corrected chi connectivity index (χ3v) is 3.05. The number of aromatic carboxylic acids is 2. The van der Waals surface area contributed by atoms with Gasteiger partial charge in [0.15, 0.2) is 0 Å². The van der Waals surface area contributed by atoms with Crippen LogP contribution in [0.4, 0.5) is 0 Å². The van der Waals surface area contributed by atoms with Crippen LogP contribution in [0, 0.1) is 3.57 Å². The first-order chi connectivity index (χ1) is 6.43. The maximum atomic E-state index is 10.7. The van der Waals surface area contributed by atoms with Gasteiger partial charge in [0.25, 0.3) is 0 Å². The molecule has 1 aromatic rings. The molecule has 0 heterocycles. The van der Waals surface area contributed by atoms with Gasteiger partial charge in [0, 0.05) is 3.57 Å². The molecule has 0 spiro atoms. The number of benzene rings is 1. The lowest BCUT2D eigenvalue weighted by Crippen LogP contribution is -2.08. The first-order valence-corrected chi connectivity index (χ1v) is 4.84. The van der Waals surface area contributed by atoms with E-state index in [2.05, 4.69) is 0 Å². The highest BCUT2D eigenvalue weighted by Crippen LogP contribution is 2.23. The molecule has 4 nitrogen and oxygen atoms in total. The van der Waals surface area contributed by atoms with Crippen LogP contribution in [0.3, 0.4) is 0 Å². The van der Waals surface area contributed by atoms with Crippen molar-refractivity contribution in [1.29, 1.82) is 0 Å². The van der Waals surface area contributed by atoms with Crippen molar-refractivity contribution in [2.24, 2.45) is 0 Å². The van der Waals surface area contributed by atoms with Crippen molar-refractivity contribution in [3.05, 3.63) is 31.9 Å². The summed E-state index contributed by atoms with van der Waals surface area (Å²) < 4.78 is 0.506. The Bertz CT molecular complexity index is 377. The average Bonchev–Trinajstić information content (AvgIpc) is 2.08. The Morgan fingerprint density at radius 3 is 2.00 bits per heavy atom. The molecule has 0 unspecified atom stereocenters. The quantitative estimate of drug-likeness (QED) is 0.818. The van der Waals surface area contributed by atoms with Gasteiger partial charge in [0.2, 0.25) is 0 Å². The second-order valence-corrected chi connectivity index (χ2v) is 3.99. The number of carboxylic acid groups (broad SMARTS) is 2. The smallest absolute Gasteiger partial charge is 0.336 e. The third-order valence-electron chi connectivity index (χ3n) is 1.52. The minimum absolute atomic E-state index is 0.230. The first-order valence-electron chi connectivity index (χ1n) is 3.39. The lowest BCUT2D eigenvalue weighted by atomic mass is 10.1. The molecule has 0 aromatic heterocycles. The molecule has 14 heavy (non-hydrogen) atoms. The number of rotatable bonds is 2. The fourth-order valence-electron chi connectivity index (χ4n) is 0.901. The van der Waals surface area contributed by atoms with Gasteiger partial charge in [-0.2, -0.15) is 0 Å². The zero-order chi connectivity index (χ0) is 10.9. The number of hydrogen-bond acceptors (Lipinski definition) is 2. The van der Waals surface area contributed by atoms with E-state index in [-0.39, 0.29) is 16.1 Å². The molecule has 2 N–H and O–H groups in total. The lowest BCUT2D eigenvalue weighted by Gasteiger charge is -2.03. The number of carboxylic acids is 2. The minimum Gasteiger partial charge on any atom is -0.478 e. The molecule has 0 fully saturated rings. The summed E-state index contributed by atoms with van der Waals surface area (Å²) in [5.74, 6) is -2.59. The van der Waals surface area contributed by atoms with Crippen LogP contribution < -0.4 is 0 Å². The van der Waals surface area contributed by atoms with Crippen molar-refractivity contribution >= 4 is 46.1 Å². The van der Waals surface area contributed by atoms with Crippen LogP contribution >= 0.6 is 34.2 Å². The molecular formula is C8H4ClIO4. The Morgan fingerprint density at radius 2 is 1.57 bits per heavy atom. The van der Waals surface area contributed by atoms with E-state index >= 15 is 0 Å². The number of carbonyl (C=O) groups is 2. The molecule has 0 radical (unpaired) electrons. The minimum atomic E-state index is -1.30. The Hall–Kier alpha value is -0.820. The van der Waals surface area contributed by atoms with E-state index in [0.717, 1.165) is 6.07 Å². The van der Waals surface area contributed by atoms with Gasteiger partial charge in [0.1, 0.15) is 0 Å². The van der Waals surface area contributed by atoms with Gasteiger partial charge >= 0.3 is 11.9 Å². The Balaban J connectivity index is 3.46. The molecule has 0 atom stereocenters. The average molecular weight is 326 g/mol. The molecule has 6 heteroatoms. The Morgan fingerprint density at radius 1 is 1.14 bits per heavy atom. The normalized spacial score (nSPS) is 9.86.